The number of carbonyl (C=O) groups is 2. The van der Waals surface area contributed by atoms with Gasteiger partial charge in [-0.15, -0.1) is 0 Å². The predicted octanol–water partition coefficient (Wildman–Crippen LogP) is 3.30. The first-order valence-corrected chi connectivity index (χ1v) is 9.99. The minimum atomic E-state index is -0.587. The highest BCUT2D eigenvalue weighted by molar-refractivity contribution is 6.48. The fourth-order valence-electron chi connectivity index (χ4n) is 2.98. The molecule has 7 nitrogen and oxygen atoms in total. The average Bonchev–Trinajstić information content (AvgIpc) is 2.86. The number of ether oxygens (including phenoxy) is 3. The van der Waals surface area contributed by atoms with Crippen molar-refractivity contribution in [3.8, 4) is 5.75 Å². The molecule has 1 aliphatic rings. The molecule has 1 atom stereocenters. The Kier molecular flexibility index (Phi) is 7.71. The molecule has 1 saturated heterocycles. The van der Waals surface area contributed by atoms with E-state index in [9.17, 15) is 9.59 Å². The molecule has 1 unspecified atom stereocenters. The van der Waals surface area contributed by atoms with Crippen molar-refractivity contribution in [3.63, 3.8) is 0 Å². The summed E-state index contributed by atoms with van der Waals surface area (Å²) in [6.45, 7) is 11.9. The Morgan fingerprint density at radius 2 is 1.45 bits per heavy atom. The molecule has 2 rings (SSSR count). The second-order valence-corrected chi connectivity index (χ2v) is 7.90. The van der Waals surface area contributed by atoms with E-state index >= 15 is 0 Å². The fraction of sp³-hybridized carbons (Fsp3) is 0.619. The number of carbonyl (C=O) groups excluding carboxylic acids is 2. The van der Waals surface area contributed by atoms with Crippen molar-refractivity contribution in [2.75, 3.05) is 19.8 Å². The molecule has 1 aromatic carbocycles. The number of hydrogen-bond donors (Lipinski definition) is 0. The summed E-state index contributed by atoms with van der Waals surface area (Å²) >= 11 is 0. The molecule has 0 aliphatic carbocycles. The third-order valence-corrected chi connectivity index (χ3v) is 5.26. The zero-order chi connectivity index (χ0) is 21.7. The van der Waals surface area contributed by atoms with Crippen LogP contribution in [0.2, 0.25) is 0 Å². The van der Waals surface area contributed by atoms with Crippen molar-refractivity contribution in [3.05, 3.63) is 29.8 Å². The highest BCUT2D eigenvalue weighted by Gasteiger charge is 2.54. The molecule has 0 saturated carbocycles. The third-order valence-electron chi connectivity index (χ3n) is 5.26. The van der Waals surface area contributed by atoms with Gasteiger partial charge in [0, 0.05) is 5.82 Å². The first-order valence-electron chi connectivity index (χ1n) is 9.99. The number of benzene rings is 1. The molecule has 0 amide bonds. The highest BCUT2D eigenvalue weighted by Crippen LogP contribution is 2.42. The number of rotatable bonds is 9. The standard InChI is InChI=1S/C21H31BO7/c1-7-25-18(23)13-17(22-28-20(3,4)21(5,6)29-22)15-9-11-16(12-10-15)27-14-19(24)26-8-2/h9-12,17H,7-8,13-14H2,1-6H3. The van der Waals surface area contributed by atoms with Crippen LogP contribution in [-0.4, -0.2) is 50.1 Å². The van der Waals surface area contributed by atoms with Crippen molar-refractivity contribution in [2.45, 2.75) is 65.0 Å². The van der Waals surface area contributed by atoms with E-state index in [0.29, 0.717) is 19.0 Å². The van der Waals surface area contributed by atoms with Crippen molar-refractivity contribution in [2.24, 2.45) is 0 Å². The molecule has 1 heterocycles. The quantitative estimate of drug-likeness (QED) is 0.460. The van der Waals surface area contributed by atoms with Gasteiger partial charge in [-0.05, 0) is 59.2 Å². The second kappa shape index (κ2) is 9.63. The van der Waals surface area contributed by atoms with Crippen LogP contribution in [0.5, 0.6) is 5.75 Å². The lowest BCUT2D eigenvalue weighted by molar-refractivity contribution is -0.145. The summed E-state index contributed by atoms with van der Waals surface area (Å²) in [4.78, 5) is 23.6. The molecule has 0 aromatic heterocycles. The van der Waals surface area contributed by atoms with Crippen LogP contribution in [0.15, 0.2) is 24.3 Å². The van der Waals surface area contributed by atoms with Gasteiger partial charge in [-0.2, -0.15) is 0 Å². The SMILES string of the molecule is CCOC(=O)COc1ccc(C(CC(=O)OCC)B2OC(C)(C)C(C)(C)O2)cc1. The van der Waals surface area contributed by atoms with Crippen molar-refractivity contribution < 1.29 is 33.1 Å². The lowest BCUT2D eigenvalue weighted by Crippen LogP contribution is -2.41. The Morgan fingerprint density at radius 1 is 0.931 bits per heavy atom. The summed E-state index contributed by atoms with van der Waals surface area (Å²) in [5, 5.41) is 0. The van der Waals surface area contributed by atoms with Crippen molar-refractivity contribution in [1.82, 2.24) is 0 Å². The molecule has 0 spiro atoms. The van der Waals surface area contributed by atoms with Gasteiger partial charge < -0.3 is 23.5 Å². The minimum absolute atomic E-state index is 0.133. The van der Waals surface area contributed by atoms with Gasteiger partial charge in [-0.3, -0.25) is 4.79 Å². The van der Waals surface area contributed by atoms with Crippen molar-refractivity contribution >= 4 is 19.1 Å². The van der Waals surface area contributed by atoms with E-state index in [2.05, 4.69) is 0 Å². The smallest absolute Gasteiger partial charge is 0.466 e. The lowest BCUT2D eigenvalue weighted by Gasteiger charge is -2.32. The van der Waals surface area contributed by atoms with E-state index in [-0.39, 0.29) is 24.8 Å². The molecule has 1 aromatic rings. The third kappa shape index (κ3) is 5.96. The summed E-state index contributed by atoms with van der Waals surface area (Å²) in [6.07, 6.45) is 0.133. The zero-order valence-electron chi connectivity index (χ0n) is 18.2. The molecular weight excluding hydrogens is 375 g/mol. The molecule has 0 radical (unpaired) electrons. The van der Waals surface area contributed by atoms with Gasteiger partial charge in [0.15, 0.2) is 6.61 Å². The first kappa shape index (κ1) is 23.2. The maximum atomic E-state index is 12.2. The predicted molar refractivity (Wildman–Crippen MR) is 109 cm³/mol. The van der Waals surface area contributed by atoms with E-state index in [1.807, 2.05) is 39.8 Å². The first-order chi connectivity index (χ1) is 13.6. The number of esters is 2. The summed E-state index contributed by atoms with van der Waals surface area (Å²) in [7, 11) is -0.587. The lowest BCUT2D eigenvalue weighted by atomic mass is 9.66. The molecule has 1 aliphatic heterocycles. The van der Waals surface area contributed by atoms with E-state index < -0.39 is 24.3 Å². The molecule has 1 fully saturated rings. The topological polar surface area (TPSA) is 80.3 Å². The molecule has 29 heavy (non-hydrogen) atoms. The summed E-state index contributed by atoms with van der Waals surface area (Å²) < 4.78 is 27.8. The molecule has 0 N–H and O–H groups in total. The van der Waals surface area contributed by atoms with E-state index in [1.54, 1.807) is 26.0 Å². The monoisotopic (exact) mass is 406 g/mol. The highest BCUT2D eigenvalue weighted by atomic mass is 16.7. The van der Waals surface area contributed by atoms with Crippen LogP contribution >= 0.6 is 0 Å². The Bertz CT molecular complexity index is 683. The normalized spacial score (nSPS) is 18.2. The molecule has 0 bridgehead atoms. The van der Waals surface area contributed by atoms with Crippen LogP contribution in [-0.2, 0) is 28.4 Å². The fourth-order valence-corrected chi connectivity index (χ4v) is 2.98. The largest absolute Gasteiger partial charge is 0.482 e. The van der Waals surface area contributed by atoms with Crippen LogP contribution in [0.3, 0.4) is 0 Å². The summed E-state index contributed by atoms with van der Waals surface area (Å²) in [5.41, 5.74) is -0.152. The Morgan fingerprint density at radius 3 is 1.97 bits per heavy atom. The summed E-state index contributed by atoms with van der Waals surface area (Å²) in [5.74, 6) is -0.538. The van der Waals surface area contributed by atoms with Gasteiger partial charge in [0.05, 0.1) is 30.8 Å². The maximum Gasteiger partial charge on any atom is 0.466 e. The summed E-state index contributed by atoms with van der Waals surface area (Å²) in [6, 6.07) is 7.18. The van der Waals surface area contributed by atoms with Gasteiger partial charge in [0.1, 0.15) is 5.75 Å². The van der Waals surface area contributed by atoms with E-state index in [0.717, 1.165) is 5.56 Å². The van der Waals surface area contributed by atoms with Crippen LogP contribution in [0.4, 0.5) is 0 Å². The van der Waals surface area contributed by atoms with Gasteiger partial charge in [0.2, 0.25) is 0 Å². The van der Waals surface area contributed by atoms with Crippen LogP contribution in [0.1, 0.15) is 59.3 Å². The van der Waals surface area contributed by atoms with Gasteiger partial charge in [-0.25, -0.2) is 4.79 Å². The van der Waals surface area contributed by atoms with Crippen LogP contribution in [0, 0.1) is 0 Å². The van der Waals surface area contributed by atoms with Crippen LogP contribution in [0.25, 0.3) is 0 Å². The van der Waals surface area contributed by atoms with Crippen LogP contribution < -0.4 is 4.74 Å². The van der Waals surface area contributed by atoms with E-state index in [1.165, 1.54) is 0 Å². The molecule has 8 heteroatoms. The maximum absolute atomic E-state index is 12.2. The molecular formula is C21H31BO7. The van der Waals surface area contributed by atoms with Gasteiger partial charge in [0.25, 0.3) is 0 Å². The van der Waals surface area contributed by atoms with Crippen molar-refractivity contribution in [1.29, 1.82) is 0 Å². The van der Waals surface area contributed by atoms with Gasteiger partial charge in [-0.1, -0.05) is 12.1 Å². The number of hydrogen-bond acceptors (Lipinski definition) is 7. The van der Waals surface area contributed by atoms with E-state index in [4.69, 9.17) is 23.5 Å². The average molecular weight is 406 g/mol. The van der Waals surface area contributed by atoms with Gasteiger partial charge >= 0.3 is 19.1 Å². The Hall–Kier alpha value is -2.06. The zero-order valence-corrected chi connectivity index (χ0v) is 18.2. The Balaban J connectivity index is 2.16. The minimum Gasteiger partial charge on any atom is -0.482 e. The second-order valence-electron chi connectivity index (χ2n) is 7.90. The Labute approximate surface area is 173 Å². The molecule has 160 valence electrons.